The molecule has 0 nitrogen and oxygen atoms in total. The van der Waals surface area contributed by atoms with Gasteiger partial charge in [-0.25, -0.2) is 24.3 Å². The molecule has 2 aliphatic carbocycles. The van der Waals surface area contributed by atoms with Crippen LogP contribution in [0.3, 0.4) is 0 Å². The third-order valence-corrected chi connectivity index (χ3v) is 5.37. The van der Waals surface area contributed by atoms with E-state index in [9.17, 15) is 0 Å². The van der Waals surface area contributed by atoms with E-state index in [1.54, 1.807) is 0 Å². The van der Waals surface area contributed by atoms with Crippen LogP contribution in [-0.2, 0) is 23.9 Å². The summed E-state index contributed by atoms with van der Waals surface area (Å²) in [6.07, 6.45) is 20.0. The second-order valence-corrected chi connectivity index (χ2v) is 6.91. The summed E-state index contributed by atoms with van der Waals surface area (Å²) in [7, 11) is 0. The number of halogens is 2. The van der Waals surface area contributed by atoms with Gasteiger partial charge in [0.1, 0.15) is 0 Å². The van der Waals surface area contributed by atoms with Gasteiger partial charge in [-0.3, -0.25) is 12.2 Å². The average molecular weight is 546 g/mol. The third kappa shape index (κ3) is 10.0. The Morgan fingerprint density at radius 3 is 1.27 bits per heavy atom. The van der Waals surface area contributed by atoms with E-state index < -0.39 is 0 Å². The quantitative estimate of drug-likeness (QED) is 0.350. The van der Waals surface area contributed by atoms with E-state index in [-0.39, 0.29) is 24.8 Å². The van der Waals surface area contributed by atoms with Crippen molar-refractivity contribution in [1.29, 1.82) is 0 Å². The molecule has 0 radical (unpaired) electrons. The monoisotopic (exact) mass is 546 g/mol. The Kier molecular flexibility index (Phi) is 15.2. The zero-order valence-electron chi connectivity index (χ0n) is 14.4. The van der Waals surface area contributed by atoms with Crippen LogP contribution in [-0.4, -0.2) is 3.26 Å². The summed E-state index contributed by atoms with van der Waals surface area (Å²) in [5.74, 6) is 0. The van der Waals surface area contributed by atoms with Gasteiger partial charge in [-0.1, -0.05) is 0 Å². The molecule has 0 aromatic heterocycles. The number of hydrogen-bond acceptors (Lipinski definition) is 0. The van der Waals surface area contributed by atoms with Crippen LogP contribution in [0.5, 0.6) is 0 Å². The van der Waals surface area contributed by atoms with Crippen molar-refractivity contribution in [2.24, 2.45) is 0 Å². The molecule has 2 aromatic carbocycles. The van der Waals surface area contributed by atoms with Crippen molar-refractivity contribution >= 4 is 3.26 Å². The summed E-state index contributed by atoms with van der Waals surface area (Å²) in [6, 6.07) is 21.2. The van der Waals surface area contributed by atoms with E-state index in [4.69, 9.17) is 0 Å². The van der Waals surface area contributed by atoms with Gasteiger partial charge in [0.15, 0.2) is 0 Å². The van der Waals surface area contributed by atoms with Gasteiger partial charge in [0, 0.05) is 0 Å². The standard InChI is InChI=1S/C13H10.2C5H5.2ClH.Hf/c1-3-7-12(8-4-1)11-13-9-5-2-6-10-13;2*1-2-4-5-3-1;;;/h1-10H;2*1-3H,4H2;2*1H;/q;2*-1;;;+2/p-2. The molecular weight excluding hydrogens is 526 g/mol. The molecular formula is C23H20Cl2Hf-2. The van der Waals surface area contributed by atoms with E-state index >= 15 is 0 Å². The van der Waals surface area contributed by atoms with Gasteiger partial charge in [0.2, 0.25) is 0 Å². The fourth-order valence-corrected chi connectivity index (χ4v) is 3.25. The van der Waals surface area contributed by atoms with Crippen LogP contribution in [0, 0.1) is 12.2 Å². The number of allylic oxidation sites excluding steroid dienone is 8. The first-order chi connectivity index (χ1) is 11.9. The van der Waals surface area contributed by atoms with E-state index in [0.29, 0.717) is 0 Å². The van der Waals surface area contributed by atoms with Crippen molar-refractivity contribution in [3.05, 3.63) is 120 Å². The Balaban J connectivity index is 0.000000432. The first-order valence-corrected chi connectivity index (χ1v) is 9.80. The number of hydrogen-bond donors (Lipinski definition) is 0. The fraction of sp³-hybridized carbons (Fsp3) is 0.0870. The van der Waals surface area contributed by atoms with Crippen LogP contribution in [0.4, 0.5) is 0 Å². The Morgan fingerprint density at radius 1 is 0.654 bits per heavy atom. The van der Waals surface area contributed by atoms with Gasteiger partial charge in [-0.15, -0.1) is 12.8 Å². The van der Waals surface area contributed by atoms with E-state index in [2.05, 4.69) is 85.0 Å². The van der Waals surface area contributed by atoms with Gasteiger partial charge < -0.3 is 24.8 Å². The summed E-state index contributed by atoms with van der Waals surface area (Å²) < 4.78 is 1.46. The molecule has 0 spiro atoms. The van der Waals surface area contributed by atoms with Gasteiger partial charge in [-0.2, -0.15) is 12.2 Å². The summed E-state index contributed by atoms with van der Waals surface area (Å²) in [6.45, 7) is 0. The molecule has 0 unspecified atom stereocenters. The number of benzene rings is 2. The van der Waals surface area contributed by atoms with E-state index in [0.717, 1.165) is 36.7 Å². The molecule has 2 aliphatic rings. The topological polar surface area (TPSA) is 0 Å². The number of rotatable bonds is 2. The molecule has 0 N–H and O–H groups in total. The molecule has 0 bridgehead atoms. The Hall–Kier alpha value is -1.28. The molecule has 132 valence electrons. The molecule has 0 amide bonds. The van der Waals surface area contributed by atoms with Gasteiger partial charge in [0.25, 0.3) is 0 Å². The first kappa shape index (κ1) is 24.7. The molecule has 26 heavy (non-hydrogen) atoms. The normalized spacial score (nSPS) is 12.1. The Morgan fingerprint density at radius 2 is 1.04 bits per heavy atom. The molecule has 0 atom stereocenters. The second kappa shape index (κ2) is 15.9. The molecule has 0 saturated heterocycles. The van der Waals surface area contributed by atoms with Crippen LogP contribution in [0.25, 0.3) is 0 Å². The first-order valence-electron chi connectivity index (χ1n) is 8.01. The van der Waals surface area contributed by atoms with Crippen LogP contribution < -0.4 is 24.8 Å². The second-order valence-electron chi connectivity index (χ2n) is 5.11. The van der Waals surface area contributed by atoms with E-state index in [1.165, 1.54) is 14.4 Å². The maximum absolute atomic E-state index is 2.99. The molecule has 0 saturated carbocycles. The van der Waals surface area contributed by atoms with Crippen molar-refractivity contribution in [2.45, 2.75) is 12.8 Å². The molecule has 4 rings (SSSR count). The zero-order chi connectivity index (χ0) is 16.9. The minimum absolute atomic E-state index is 0. The van der Waals surface area contributed by atoms with Crippen molar-refractivity contribution in [2.75, 3.05) is 0 Å². The summed E-state index contributed by atoms with van der Waals surface area (Å²) in [5.41, 5.74) is 2.70. The Bertz CT molecular complexity index is 646. The summed E-state index contributed by atoms with van der Waals surface area (Å²) in [5, 5.41) is 0. The SMILES string of the molecule is [C-]1=CC=CC1.[C-]1=CC=CC1.[Cl-].[Cl-].[Hf+2]=[C](c1ccccc1)c1ccccc1. The predicted molar refractivity (Wildman–Crippen MR) is 99.2 cm³/mol. The van der Waals surface area contributed by atoms with Crippen molar-refractivity contribution < 1.29 is 48.7 Å². The average Bonchev–Trinajstić information content (AvgIpc) is 3.41. The van der Waals surface area contributed by atoms with Crippen molar-refractivity contribution in [1.82, 2.24) is 0 Å². The zero-order valence-corrected chi connectivity index (χ0v) is 19.5. The van der Waals surface area contributed by atoms with Gasteiger partial charge >= 0.3 is 98.9 Å². The Labute approximate surface area is 184 Å². The molecule has 0 aliphatic heterocycles. The molecule has 0 heterocycles. The van der Waals surface area contributed by atoms with Crippen molar-refractivity contribution in [3.63, 3.8) is 0 Å². The predicted octanol–water partition coefficient (Wildman–Crippen LogP) is -0.578. The molecule has 0 fully saturated rings. The summed E-state index contributed by atoms with van der Waals surface area (Å²) >= 11 is 1.08. The van der Waals surface area contributed by atoms with Crippen LogP contribution in [0.2, 0.25) is 0 Å². The van der Waals surface area contributed by atoms with Crippen LogP contribution in [0.1, 0.15) is 24.0 Å². The van der Waals surface area contributed by atoms with E-state index in [1.807, 2.05) is 24.3 Å². The fourth-order valence-electron chi connectivity index (χ4n) is 2.06. The van der Waals surface area contributed by atoms with Crippen LogP contribution >= 0.6 is 0 Å². The molecule has 2 aromatic rings. The minimum atomic E-state index is 0. The van der Waals surface area contributed by atoms with Gasteiger partial charge in [0.05, 0.1) is 0 Å². The molecule has 3 heteroatoms. The maximum atomic E-state index is 2.99. The summed E-state index contributed by atoms with van der Waals surface area (Å²) in [4.78, 5) is 0. The van der Waals surface area contributed by atoms with Gasteiger partial charge in [-0.05, 0) is 0 Å². The van der Waals surface area contributed by atoms with Crippen molar-refractivity contribution in [3.8, 4) is 0 Å². The van der Waals surface area contributed by atoms with Crippen LogP contribution in [0.15, 0.2) is 97.1 Å². The third-order valence-electron chi connectivity index (χ3n) is 3.30.